The van der Waals surface area contributed by atoms with Crippen molar-refractivity contribution in [3.8, 4) is 5.75 Å². The minimum absolute atomic E-state index is 0.0906. The van der Waals surface area contributed by atoms with Crippen molar-refractivity contribution in [2.24, 2.45) is 0 Å². The lowest BCUT2D eigenvalue weighted by Gasteiger charge is -2.15. The fourth-order valence-corrected chi connectivity index (χ4v) is 2.11. The third-order valence-corrected chi connectivity index (χ3v) is 3.45. The first kappa shape index (κ1) is 18.5. The minimum atomic E-state index is -0.827. The molecule has 1 heterocycles. The number of rotatable bonds is 6. The van der Waals surface area contributed by atoms with E-state index in [4.69, 9.17) is 9.15 Å². The minimum Gasteiger partial charge on any atom is -0.481 e. The van der Waals surface area contributed by atoms with E-state index in [9.17, 15) is 14.4 Å². The SMILES string of the molecule is C[C@H](Oc1cccc(Br)c1)C(=O)NNC(=O)CNC(=O)c1ccco1. The van der Waals surface area contributed by atoms with E-state index in [0.29, 0.717) is 5.75 Å². The van der Waals surface area contributed by atoms with Crippen molar-refractivity contribution < 1.29 is 23.5 Å². The van der Waals surface area contributed by atoms with Crippen LogP contribution in [0.1, 0.15) is 17.5 Å². The summed E-state index contributed by atoms with van der Waals surface area (Å²) < 4.78 is 11.2. The van der Waals surface area contributed by atoms with Crippen molar-refractivity contribution in [2.45, 2.75) is 13.0 Å². The van der Waals surface area contributed by atoms with Crippen LogP contribution in [0, 0.1) is 0 Å². The second-order valence-electron chi connectivity index (χ2n) is 4.91. The Kier molecular flexibility index (Phi) is 6.58. The summed E-state index contributed by atoms with van der Waals surface area (Å²) in [7, 11) is 0. The van der Waals surface area contributed by atoms with E-state index >= 15 is 0 Å². The number of carbonyl (C=O) groups is 3. The molecule has 0 radical (unpaired) electrons. The summed E-state index contributed by atoms with van der Waals surface area (Å²) in [6.45, 7) is 1.22. The van der Waals surface area contributed by atoms with Crippen molar-refractivity contribution in [3.05, 3.63) is 52.9 Å². The molecular weight excluding hydrogens is 394 g/mol. The normalized spacial score (nSPS) is 11.3. The Labute approximate surface area is 152 Å². The van der Waals surface area contributed by atoms with Crippen LogP contribution >= 0.6 is 15.9 Å². The van der Waals surface area contributed by atoms with Crippen molar-refractivity contribution in [1.82, 2.24) is 16.2 Å². The van der Waals surface area contributed by atoms with Crippen LogP contribution in [-0.4, -0.2) is 30.4 Å². The molecule has 3 amide bonds. The molecule has 0 aliphatic rings. The molecule has 132 valence electrons. The average molecular weight is 410 g/mol. The molecule has 0 spiro atoms. The van der Waals surface area contributed by atoms with Crippen LogP contribution in [-0.2, 0) is 9.59 Å². The van der Waals surface area contributed by atoms with E-state index in [1.54, 1.807) is 31.2 Å². The molecule has 0 fully saturated rings. The number of amides is 3. The number of hydrogen-bond donors (Lipinski definition) is 3. The molecule has 1 aromatic heterocycles. The zero-order valence-electron chi connectivity index (χ0n) is 13.2. The zero-order chi connectivity index (χ0) is 18.2. The maximum atomic E-state index is 11.9. The summed E-state index contributed by atoms with van der Waals surface area (Å²) in [5, 5.41) is 2.35. The van der Waals surface area contributed by atoms with Gasteiger partial charge in [-0.1, -0.05) is 22.0 Å². The van der Waals surface area contributed by atoms with Gasteiger partial charge < -0.3 is 14.5 Å². The van der Waals surface area contributed by atoms with Crippen LogP contribution in [0.5, 0.6) is 5.75 Å². The molecule has 0 saturated carbocycles. The number of carbonyl (C=O) groups excluding carboxylic acids is 3. The first-order valence-corrected chi connectivity index (χ1v) is 8.07. The average Bonchev–Trinajstić information content (AvgIpc) is 3.12. The Bertz CT molecular complexity index is 748. The molecule has 0 bridgehead atoms. The molecule has 2 aromatic rings. The van der Waals surface area contributed by atoms with E-state index in [2.05, 4.69) is 32.1 Å². The van der Waals surface area contributed by atoms with E-state index in [1.165, 1.54) is 12.3 Å². The Hall–Kier alpha value is -2.81. The molecule has 8 nitrogen and oxygen atoms in total. The highest BCUT2D eigenvalue weighted by Crippen LogP contribution is 2.18. The van der Waals surface area contributed by atoms with Gasteiger partial charge in [-0.15, -0.1) is 0 Å². The van der Waals surface area contributed by atoms with Gasteiger partial charge in [0.2, 0.25) is 0 Å². The molecule has 1 atom stereocenters. The third kappa shape index (κ3) is 5.96. The predicted molar refractivity (Wildman–Crippen MR) is 91.6 cm³/mol. The first-order valence-electron chi connectivity index (χ1n) is 7.28. The molecule has 3 N–H and O–H groups in total. The van der Waals surface area contributed by atoms with Gasteiger partial charge in [-0.05, 0) is 37.3 Å². The fraction of sp³-hybridized carbons (Fsp3) is 0.188. The van der Waals surface area contributed by atoms with Gasteiger partial charge in [0.15, 0.2) is 11.9 Å². The van der Waals surface area contributed by atoms with Crippen LogP contribution in [0.15, 0.2) is 51.6 Å². The maximum Gasteiger partial charge on any atom is 0.287 e. The molecule has 9 heteroatoms. The summed E-state index contributed by atoms with van der Waals surface area (Å²) in [5.41, 5.74) is 4.41. The lowest BCUT2D eigenvalue weighted by Crippen LogP contribution is -2.50. The van der Waals surface area contributed by atoms with Crippen molar-refractivity contribution in [2.75, 3.05) is 6.54 Å². The van der Waals surface area contributed by atoms with Crippen LogP contribution in [0.4, 0.5) is 0 Å². The number of ether oxygens (including phenoxy) is 1. The van der Waals surface area contributed by atoms with Crippen molar-refractivity contribution in [1.29, 1.82) is 0 Å². The van der Waals surface area contributed by atoms with Crippen LogP contribution in [0.2, 0.25) is 0 Å². The summed E-state index contributed by atoms with van der Waals surface area (Å²) in [4.78, 5) is 35.1. The molecule has 2 rings (SSSR count). The number of furan rings is 1. The highest BCUT2D eigenvalue weighted by Gasteiger charge is 2.16. The van der Waals surface area contributed by atoms with E-state index in [0.717, 1.165) is 4.47 Å². The zero-order valence-corrected chi connectivity index (χ0v) is 14.8. The predicted octanol–water partition coefficient (Wildman–Crippen LogP) is 1.39. The topological polar surface area (TPSA) is 110 Å². The summed E-state index contributed by atoms with van der Waals surface area (Å²) >= 11 is 3.30. The number of benzene rings is 1. The first-order chi connectivity index (χ1) is 12.0. The van der Waals surface area contributed by atoms with Gasteiger partial charge in [0, 0.05) is 4.47 Å². The van der Waals surface area contributed by atoms with Gasteiger partial charge in [-0.25, -0.2) is 0 Å². The quantitative estimate of drug-likeness (QED) is 0.624. The largest absolute Gasteiger partial charge is 0.481 e. The van der Waals surface area contributed by atoms with Gasteiger partial charge in [0.1, 0.15) is 5.75 Å². The Balaban J connectivity index is 1.71. The standard InChI is InChI=1S/C16H16BrN3O5/c1-10(25-12-5-2-4-11(17)8-12)15(22)20-19-14(21)9-18-16(23)13-6-3-7-24-13/h2-8,10H,9H2,1H3,(H,18,23)(H,19,21)(H,20,22)/t10-/m0/s1. The molecule has 0 unspecified atom stereocenters. The second-order valence-corrected chi connectivity index (χ2v) is 5.83. The lowest BCUT2D eigenvalue weighted by molar-refractivity contribution is -0.132. The van der Waals surface area contributed by atoms with E-state index in [1.807, 2.05) is 6.07 Å². The number of nitrogens with one attached hydrogen (secondary N) is 3. The van der Waals surface area contributed by atoms with Crippen molar-refractivity contribution >= 4 is 33.7 Å². The summed E-state index contributed by atoms with van der Waals surface area (Å²) in [5.74, 6) is -1.06. The summed E-state index contributed by atoms with van der Waals surface area (Å²) in [6.07, 6.45) is 0.523. The van der Waals surface area contributed by atoms with Gasteiger partial charge in [-0.3, -0.25) is 25.2 Å². The molecule has 1 aromatic carbocycles. The van der Waals surface area contributed by atoms with Crippen molar-refractivity contribution in [3.63, 3.8) is 0 Å². The lowest BCUT2D eigenvalue weighted by atomic mass is 10.3. The Morgan fingerprint density at radius 3 is 2.68 bits per heavy atom. The molecular formula is C16H16BrN3O5. The molecule has 0 aliphatic carbocycles. The van der Waals surface area contributed by atoms with E-state index < -0.39 is 23.8 Å². The molecule has 0 aliphatic heterocycles. The second kappa shape index (κ2) is 8.88. The molecule has 0 saturated heterocycles. The Morgan fingerprint density at radius 2 is 2.00 bits per heavy atom. The van der Waals surface area contributed by atoms with Gasteiger partial charge >= 0.3 is 0 Å². The smallest absolute Gasteiger partial charge is 0.287 e. The van der Waals surface area contributed by atoms with Gasteiger partial charge in [0.05, 0.1) is 12.8 Å². The Morgan fingerprint density at radius 1 is 1.20 bits per heavy atom. The number of hydrazine groups is 1. The van der Waals surface area contributed by atoms with Crippen LogP contribution in [0.3, 0.4) is 0 Å². The summed E-state index contributed by atoms with van der Waals surface area (Å²) in [6, 6.07) is 10.0. The highest BCUT2D eigenvalue weighted by atomic mass is 79.9. The van der Waals surface area contributed by atoms with Crippen LogP contribution in [0.25, 0.3) is 0 Å². The number of hydrogen-bond acceptors (Lipinski definition) is 5. The van der Waals surface area contributed by atoms with Gasteiger partial charge in [0.25, 0.3) is 17.7 Å². The monoisotopic (exact) mass is 409 g/mol. The van der Waals surface area contributed by atoms with E-state index in [-0.39, 0.29) is 12.3 Å². The van der Waals surface area contributed by atoms with Gasteiger partial charge in [-0.2, -0.15) is 0 Å². The maximum absolute atomic E-state index is 11.9. The molecule has 25 heavy (non-hydrogen) atoms. The number of halogens is 1. The third-order valence-electron chi connectivity index (χ3n) is 2.96. The highest BCUT2D eigenvalue weighted by molar-refractivity contribution is 9.10. The fourth-order valence-electron chi connectivity index (χ4n) is 1.73. The van der Waals surface area contributed by atoms with Crippen LogP contribution < -0.4 is 20.9 Å².